The molecule has 0 spiro atoms. The molecule has 13 heteroatoms. The second-order valence-electron chi connectivity index (χ2n) is 4.86. The highest BCUT2D eigenvalue weighted by atomic mass is 32.1. The highest BCUT2D eigenvalue weighted by Gasteiger charge is 2.28. The predicted molar refractivity (Wildman–Crippen MR) is 100 cm³/mol. The maximum absolute atomic E-state index is 12.1. The van der Waals surface area contributed by atoms with Crippen LogP contribution in [0.5, 0.6) is 0 Å². The fraction of sp³-hybridized carbons (Fsp3) is 0.667. The molecule has 0 aliphatic rings. The minimum absolute atomic E-state index is 0.0353. The van der Waals surface area contributed by atoms with E-state index in [4.69, 9.17) is 10.8 Å². The molecule has 4 atom stereocenters. The quantitative estimate of drug-likeness (QED) is 0.159. The molecule has 10 nitrogen and oxygen atoms in total. The maximum atomic E-state index is 12.1. The minimum Gasteiger partial charge on any atom is -0.480 e. The molecule has 7 N–H and O–H groups in total. The van der Waals surface area contributed by atoms with Gasteiger partial charge in [-0.2, -0.15) is 37.9 Å². The van der Waals surface area contributed by atoms with Crippen molar-refractivity contribution in [2.75, 3.05) is 23.9 Å². The van der Waals surface area contributed by atoms with E-state index in [1.54, 1.807) is 0 Å². The first-order chi connectivity index (χ1) is 11.7. The molecule has 0 aromatic rings. The number of aliphatic carboxylic acids is 1. The van der Waals surface area contributed by atoms with Gasteiger partial charge in [0, 0.05) is 17.3 Å². The van der Waals surface area contributed by atoms with E-state index in [-0.39, 0.29) is 17.3 Å². The van der Waals surface area contributed by atoms with Crippen LogP contribution in [0.1, 0.15) is 0 Å². The van der Waals surface area contributed by atoms with Crippen molar-refractivity contribution in [1.29, 1.82) is 0 Å². The average molecular weight is 415 g/mol. The molecule has 4 unspecified atom stereocenters. The summed E-state index contributed by atoms with van der Waals surface area (Å²) in [7, 11) is 0. The SMILES string of the molecule is NC(CS)C(=O)NC(CO)C(=O)NC(CS)C(=O)NC(CS)C(=O)O. The number of hydrogen-bond donors (Lipinski definition) is 9. The smallest absolute Gasteiger partial charge is 0.327 e. The zero-order chi connectivity index (χ0) is 19.6. The normalized spacial score (nSPS) is 15.4. The summed E-state index contributed by atoms with van der Waals surface area (Å²) in [4.78, 5) is 46.7. The Balaban J connectivity index is 4.86. The number of nitrogens with one attached hydrogen (secondary N) is 3. The molecule has 0 rings (SSSR count). The van der Waals surface area contributed by atoms with Gasteiger partial charge in [0.15, 0.2) is 0 Å². The van der Waals surface area contributed by atoms with Crippen molar-refractivity contribution < 1.29 is 29.4 Å². The monoisotopic (exact) mass is 414 g/mol. The lowest BCUT2D eigenvalue weighted by Crippen LogP contribution is -2.58. The lowest BCUT2D eigenvalue weighted by atomic mass is 10.2. The summed E-state index contributed by atoms with van der Waals surface area (Å²) in [5.41, 5.74) is 5.45. The average Bonchev–Trinajstić information content (AvgIpc) is 2.59. The van der Waals surface area contributed by atoms with Crippen molar-refractivity contribution in [2.24, 2.45) is 5.73 Å². The molecule has 0 aromatic carbocycles. The summed E-state index contributed by atoms with van der Waals surface area (Å²) in [5, 5.41) is 24.8. The Morgan fingerprint density at radius 1 is 0.800 bits per heavy atom. The number of carboxylic acid groups (broad SMARTS) is 1. The van der Waals surface area contributed by atoms with Gasteiger partial charge in [0.2, 0.25) is 17.7 Å². The number of carbonyl (C=O) groups is 4. The highest BCUT2D eigenvalue weighted by Crippen LogP contribution is 1.96. The Hall–Kier alpha value is -1.15. The van der Waals surface area contributed by atoms with Crippen molar-refractivity contribution in [1.82, 2.24) is 16.0 Å². The van der Waals surface area contributed by atoms with Gasteiger partial charge in [0.05, 0.1) is 12.6 Å². The third-order valence-electron chi connectivity index (χ3n) is 2.96. The van der Waals surface area contributed by atoms with Crippen molar-refractivity contribution in [3.8, 4) is 0 Å². The Labute approximate surface area is 160 Å². The molecule has 0 aliphatic heterocycles. The fourth-order valence-corrected chi connectivity index (χ4v) is 2.15. The van der Waals surface area contributed by atoms with Crippen LogP contribution in [-0.4, -0.2) is 81.9 Å². The van der Waals surface area contributed by atoms with E-state index >= 15 is 0 Å². The van der Waals surface area contributed by atoms with Crippen molar-refractivity contribution in [3.63, 3.8) is 0 Å². The predicted octanol–water partition coefficient (Wildman–Crippen LogP) is -3.37. The maximum Gasteiger partial charge on any atom is 0.327 e. The number of nitrogens with two attached hydrogens (primary N) is 1. The molecular weight excluding hydrogens is 392 g/mol. The van der Waals surface area contributed by atoms with Crippen molar-refractivity contribution in [2.45, 2.75) is 24.2 Å². The number of hydrogen-bond acceptors (Lipinski definition) is 9. The van der Waals surface area contributed by atoms with Crippen LogP contribution in [0.2, 0.25) is 0 Å². The first-order valence-electron chi connectivity index (χ1n) is 7.04. The highest BCUT2D eigenvalue weighted by molar-refractivity contribution is 7.80. The van der Waals surface area contributed by atoms with Gasteiger partial charge in [-0.05, 0) is 0 Å². The van der Waals surface area contributed by atoms with Gasteiger partial charge in [-0.15, -0.1) is 0 Å². The summed E-state index contributed by atoms with van der Waals surface area (Å²) >= 11 is 11.6. The molecule has 3 amide bonds. The van der Waals surface area contributed by atoms with E-state index in [2.05, 4.69) is 53.8 Å². The molecule has 0 fully saturated rings. The molecule has 0 aromatic heterocycles. The lowest BCUT2D eigenvalue weighted by molar-refractivity contribution is -0.141. The molecule has 0 heterocycles. The van der Waals surface area contributed by atoms with Crippen LogP contribution < -0.4 is 21.7 Å². The van der Waals surface area contributed by atoms with E-state index in [9.17, 15) is 24.3 Å². The fourth-order valence-electron chi connectivity index (χ4n) is 1.48. The van der Waals surface area contributed by atoms with Gasteiger partial charge in [0.25, 0.3) is 0 Å². The van der Waals surface area contributed by atoms with Crippen LogP contribution in [-0.2, 0) is 19.2 Å². The molecule has 0 aliphatic carbocycles. The summed E-state index contributed by atoms with van der Waals surface area (Å²) in [6.45, 7) is -0.730. The van der Waals surface area contributed by atoms with Crippen LogP contribution in [0.4, 0.5) is 0 Å². The second-order valence-corrected chi connectivity index (χ2v) is 5.95. The molecule has 0 radical (unpaired) electrons. The van der Waals surface area contributed by atoms with Crippen LogP contribution >= 0.6 is 37.9 Å². The van der Waals surface area contributed by atoms with E-state index in [1.807, 2.05) is 0 Å². The zero-order valence-electron chi connectivity index (χ0n) is 13.1. The van der Waals surface area contributed by atoms with Crippen molar-refractivity contribution >= 4 is 61.6 Å². The molecule has 0 saturated heterocycles. The van der Waals surface area contributed by atoms with Gasteiger partial charge in [-0.3, -0.25) is 14.4 Å². The summed E-state index contributed by atoms with van der Waals surface area (Å²) < 4.78 is 0. The summed E-state index contributed by atoms with van der Waals surface area (Å²) in [6.07, 6.45) is 0. The number of aliphatic hydroxyl groups is 1. The number of amides is 3. The van der Waals surface area contributed by atoms with Gasteiger partial charge in [0.1, 0.15) is 18.1 Å². The van der Waals surface area contributed by atoms with Gasteiger partial charge < -0.3 is 31.9 Å². The van der Waals surface area contributed by atoms with E-state index in [0.717, 1.165) is 0 Å². The standard InChI is InChI=1S/C12H22N4O6S3/c13-5(2-23)9(18)14-6(1-17)10(19)15-7(3-24)11(20)16-8(4-25)12(21)22/h5-8,17,23-25H,1-4,13H2,(H,14,18)(H,15,19)(H,16,20)(H,21,22). The first kappa shape index (κ1) is 23.9. The van der Waals surface area contributed by atoms with Gasteiger partial charge in [-0.1, -0.05) is 0 Å². The van der Waals surface area contributed by atoms with E-state index in [1.165, 1.54) is 0 Å². The lowest BCUT2D eigenvalue weighted by Gasteiger charge is -2.23. The Bertz CT molecular complexity index is 495. The number of carboxylic acids is 1. The van der Waals surface area contributed by atoms with Crippen molar-refractivity contribution in [3.05, 3.63) is 0 Å². The number of thiol groups is 3. The largest absolute Gasteiger partial charge is 0.480 e. The number of carbonyl (C=O) groups excluding carboxylic acids is 3. The Morgan fingerprint density at radius 2 is 1.24 bits per heavy atom. The molecule has 0 bridgehead atoms. The topological polar surface area (TPSA) is 171 Å². The van der Waals surface area contributed by atoms with E-state index < -0.39 is 54.5 Å². The first-order valence-corrected chi connectivity index (χ1v) is 8.94. The summed E-state index contributed by atoms with van der Waals surface area (Å²) in [5.74, 6) is -3.88. The zero-order valence-corrected chi connectivity index (χ0v) is 15.8. The third-order valence-corrected chi connectivity index (χ3v) is 4.09. The number of aliphatic hydroxyl groups excluding tert-OH is 1. The Kier molecular flexibility index (Phi) is 11.7. The third kappa shape index (κ3) is 8.18. The van der Waals surface area contributed by atoms with Gasteiger partial charge in [-0.25, -0.2) is 4.79 Å². The van der Waals surface area contributed by atoms with Gasteiger partial charge >= 0.3 is 5.97 Å². The number of rotatable bonds is 11. The molecule has 144 valence electrons. The minimum atomic E-state index is -1.34. The molecule has 25 heavy (non-hydrogen) atoms. The second kappa shape index (κ2) is 12.2. The van der Waals surface area contributed by atoms with Crippen LogP contribution in [0.15, 0.2) is 0 Å². The molecular formula is C12H22N4O6S3. The van der Waals surface area contributed by atoms with Crippen LogP contribution in [0.3, 0.4) is 0 Å². The summed E-state index contributed by atoms with van der Waals surface area (Å²) in [6, 6.07) is -4.73. The molecule has 0 saturated carbocycles. The van der Waals surface area contributed by atoms with Crippen LogP contribution in [0, 0.1) is 0 Å². The Morgan fingerprint density at radius 3 is 1.64 bits per heavy atom. The van der Waals surface area contributed by atoms with Crippen LogP contribution in [0.25, 0.3) is 0 Å². The van der Waals surface area contributed by atoms with E-state index in [0.29, 0.717) is 0 Å².